The van der Waals surface area contributed by atoms with Gasteiger partial charge in [-0.3, -0.25) is 19.3 Å². The number of nitrogens with zero attached hydrogens (tertiary/aromatic N) is 5. The minimum Gasteiger partial charge on any atom is -0.485 e. The molecule has 0 aromatic carbocycles. The van der Waals surface area contributed by atoms with Gasteiger partial charge in [0.2, 0.25) is 0 Å². The number of pyridine rings is 3. The Morgan fingerprint density at radius 3 is 2.53 bits per heavy atom. The van der Waals surface area contributed by atoms with Gasteiger partial charge in [0.05, 0.1) is 16.9 Å². The predicted molar refractivity (Wildman–Crippen MR) is 142 cm³/mol. The lowest BCUT2D eigenvalue weighted by molar-refractivity contribution is 0.0688. The summed E-state index contributed by atoms with van der Waals surface area (Å²) in [5.41, 5.74) is 1.76. The van der Waals surface area contributed by atoms with E-state index in [4.69, 9.17) is 22.8 Å². The van der Waals surface area contributed by atoms with Crippen molar-refractivity contribution in [2.45, 2.75) is 46.8 Å². The third-order valence-electron chi connectivity index (χ3n) is 5.77. The van der Waals surface area contributed by atoms with Crippen LogP contribution >= 0.6 is 11.6 Å². The van der Waals surface area contributed by atoms with E-state index in [1.807, 2.05) is 0 Å². The Balaban J connectivity index is 1.77. The Morgan fingerprint density at radius 2 is 1.87 bits per heavy atom. The second kappa shape index (κ2) is 10.3. The van der Waals surface area contributed by atoms with Crippen LogP contribution in [0.4, 0.5) is 4.39 Å². The van der Waals surface area contributed by atoms with Gasteiger partial charge in [-0.2, -0.15) is 0 Å². The van der Waals surface area contributed by atoms with E-state index in [1.54, 1.807) is 52.9 Å². The lowest BCUT2D eigenvalue weighted by atomic mass is 10.1. The molecule has 8 nitrogen and oxygen atoms in total. The molecule has 0 radical (unpaired) electrons. The number of rotatable bonds is 6. The Morgan fingerprint density at radius 1 is 1.13 bits per heavy atom. The van der Waals surface area contributed by atoms with E-state index < -0.39 is 17.0 Å². The quantitative estimate of drug-likeness (QED) is 0.361. The molecular formula is C28H25ClFN5O3. The first-order valence-electron chi connectivity index (χ1n) is 11.6. The lowest BCUT2D eigenvalue weighted by Gasteiger charge is -2.18. The van der Waals surface area contributed by atoms with Gasteiger partial charge >= 0.3 is 0 Å². The van der Waals surface area contributed by atoms with Crippen LogP contribution in [0.5, 0.6) is 5.75 Å². The maximum atomic E-state index is 14.2. The third-order valence-corrected chi connectivity index (χ3v) is 6.12. The average molecular weight is 534 g/mol. The largest absolute Gasteiger partial charge is 0.485 e. The molecule has 0 amide bonds. The summed E-state index contributed by atoms with van der Waals surface area (Å²) in [6.07, 6.45) is 10.2. The molecule has 4 rings (SSSR count). The molecule has 38 heavy (non-hydrogen) atoms. The van der Waals surface area contributed by atoms with Gasteiger partial charge in [-0.25, -0.2) is 14.4 Å². The lowest BCUT2D eigenvalue weighted by Crippen LogP contribution is -2.23. The molecule has 0 bridgehead atoms. The fraction of sp³-hybridized carbons (Fsp3) is 0.250. The summed E-state index contributed by atoms with van der Waals surface area (Å²) in [4.78, 5) is 30.5. The van der Waals surface area contributed by atoms with Crippen molar-refractivity contribution in [2.75, 3.05) is 0 Å². The summed E-state index contributed by atoms with van der Waals surface area (Å²) in [5, 5.41) is 10.2. The van der Waals surface area contributed by atoms with Crippen molar-refractivity contribution in [1.82, 2.24) is 24.5 Å². The minimum atomic E-state index is -1.30. The molecule has 0 unspecified atom stereocenters. The van der Waals surface area contributed by atoms with Gasteiger partial charge in [0.15, 0.2) is 5.82 Å². The summed E-state index contributed by atoms with van der Waals surface area (Å²) < 4.78 is 21.3. The molecule has 0 saturated carbocycles. The normalized spacial score (nSPS) is 11.3. The van der Waals surface area contributed by atoms with Gasteiger partial charge < -0.3 is 9.84 Å². The number of aryl methyl sites for hydroxylation is 3. The zero-order valence-corrected chi connectivity index (χ0v) is 22.3. The number of ether oxygens (including phenoxy) is 1. The summed E-state index contributed by atoms with van der Waals surface area (Å²) in [5.74, 6) is 2.32. The molecule has 10 heteroatoms. The molecule has 4 aromatic rings. The molecule has 0 spiro atoms. The zero-order valence-electron chi connectivity index (χ0n) is 21.5. The first-order valence-corrected chi connectivity index (χ1v) is 12.0. The molecule has 0 saturated heterocycles. The average Bonchev–Trinajstić information content (AvgIpc) is 2.86. The summed E-state index contributed by atoms with van der Waals surface area (Å²) in [6, 6.07) is 4.62. The van der Waals surface area contributed by atoms with Crippen molar-refractivity contribution in [2.24, 2.45) is 0 Å². The van der Waals surface area contributed by atoms with E-state index in [9.17, 15) is 14.3 Å². The molecule has 0 fully saturated rings. The molecule has 0 atom stereocenters. The monoisotopic (exact) mass is 533 g/mol. The number of aliphatic hydroxyl groups is 1. The van der Waals surface area contributed by atoms with E-state index in [2.05, 4.69) is 25.9 Å². The Kier molecular flexibility index (Phi) is 7.31. The van der Waals surface area contributed by atoms with Crippen molar-refractivity contribution in [1.29, 1.82) is 0 Å². The van der Waals surface area contributed by atoms with Crippen molar-refractivity contribution < 1.29 is 14.2 Å². The number of aromatic nitrogens is 5. The fourth-order valence-electron chi connectivity index (χ4n) is 3.76. The highest BCUT2D eigenvalue weighted by molar-refractivity contribution is 6.31. The minimum absolute atomic E-state index is 0.0997. The standard InChI is InChI=1S/C28H25ClFN5O3/c1-7-18-13-33-27(28(5,6)37)34-25(18)20-10-22(16(3)12-32-20)35-17(4)9-23(24(29)26(35)36)38-14-21-19(30)8-15(2)11-31-21/h1,8-13,37H,14H2,2-6H3. The van der Waals surface area contributed by atoms with Gasteiger partial charge in [0.1, 0.15) is 40.2 Å². The van der Waals surface area contributed by atoms with E-state index in [-0.39, 0.29) is 28.9 Å². The van der Waals surface area contributed by atoms with Gasteiger partial charge in [-0.05, 0) is 57.9 Å². The van der Waals surface area contributed by atoms with Crippen LogP contribution in [-0.2, 0) is 12.2 Å². The maximum absolute atomic E-state index is 14.2. The second-order valence-corrected chi connectivity index (χ2v) is 9.73. The van der Waals surface area contributed by atoms with Crippen LogP contribution in [0.15, 0.2) is 41.6 Å². The molecular weight excluding hydrogens is 509 g/mol. The van der Waals surface area contributed by atoms with Gasteiger partial charge in [0, 0.05) is 30.4 Å². The molecule has 0 aliphatic carbocycles. The summed E-state index contributed by atoms with van der Waals surface area (Å²) in [7, 11) is 0. The topological polar surface area (TPSA) is 103 Å². The van der Waals surface area contributed by atoms with Gasteiger partial charge in [-0.1, -0.05) is 17.5 Å². The highest BCUT2D eigenvalue weighted by Gasteiger charge is 2.23. The Hall–Kier alpha value is -4.13. The number of hydrogen-bond acceptors (Lipinski definition) is 7. The molecule has 4 heterocycles. The number of hydrogen-bond donors (Lipinski definition) is 1. The van der Waals surface area contributed by atoms with Crippen molar-refractivity contribution in [3.8, 4) is 35.2 Å². The van der Waals surface area contributed by atoms with Crippen LogP contribution in [-0.4, -0.2) is 29.6 Å². The van der Waals surface area contributed by atoms with Crippen LogP contribution in [0.3, 0.4) is 0 Å². The molecule has 194 valence electrons. The first-order chi connectivity index (χ1) is 17.9. The highest BCUT2D eigenvalue weighted by atomic mass is 35.5. The van der Waals surface area contributed by atoms with Crippen LogP contribution in [0.25, 0.3) is 17.1 Å². The zero-order chi connectivity index (χ0) is 27.8. The molecule has 0 aliphatic rings. The van der Waals surface area contributed by atoms with Crippen LogP contribution in [0.1, 0.15) is 47.8 Å². The summed E-state index contributed by atoms with van der Waals surface area (Å²) >= 11 is 6.42. The van der Waals surface area contributed by atoms with Gasteiger partial charge in [-0.15, -0.1) is 6.42 Å². The third kappa shape index (κ3) is 5.28. The fourth-order valence-corrected chi connectivity index (χ4v) is 3.95. The Bertz CT molecular complexity index is 1650. The molecule has 4 aromatic heterocycles. The van der Waals surface area contributed by atoms with E-state index in [0.29, 0.717) is 39.5 Å². The molecule has 0 aliphatic heterocycles. The second-order valence-electron chi connectivity index (χ2n) is 9.35. The number of halogens is 2. The van der Waals surface area contributed by atoms with E-state index in [0.717, 1.165) is 0 Å². The van der Waals surface area contributed by atoms with Crippen molar-refractivity contribution >= 4 is 11.6 Å². The molecule has 1 N–H and O–H groups in total. The van der Waals surface area contributed by atoms with Crippen molar-refractivity contribution in [3.63, 3.8) is 0 Å². The first kappa shape index (κ1) is 26.9. The SMILES string of the molecule is C#Cc1cnc(C(C)(C)O)nc1-c1cc(-n2c(C)cc(OCc3ncc(C)cc3F)c(Cl)c2=O)c(C)cn1. The van der Waals surface area contributed by atoms with E-state index >= 15 is 0 Å². The maximum Gasteiger partial charge on any atom is 0.277 e. The van der Waals surface area contributed by atoms with Gasteiger partial charge in [0.25, 0.3) is 5.56 Å². The predicted octanol–water partition coefficient (Wildman–Crippen LogP) is 4.59. The van der Waals surface area contributed by atoms with Crippen LogP contribution in [0.2, 0.25) is 5.02 Å². The van der Waals surface area contributed by atoms with Crippen LogP contribution < -0.4 is 10.3 Å². The van der Waals surface area contributed by atoms with Crippen molar-refractivity contribution in [3.05, 3.63) is 91.9 Å². The number of terminal acetylenes is 1. The van der Waals surface area contributed by atoms with E-state index in [1.165, 1.54) is 23.0 Å². The highest BCUT2D eigenvalue weighted by Crippen LogP contribution is 2.28. The Labute approximate surface area is 224 Å². The van der Waals surface area contributed by atoms with Crippen LogP contribution in [0, 0.1) is 38.9 Å². The smallest absolute Gasteiger partial charge is 0.277 e. The summed E-state index contributed by atoms with van der Waals surface area (Å²) in [6.45, 7) is 8.18.